The average molecular weight is 288 g/mol. The number of aromatic carboxylic acids is 1. The van der Waals surface area contributed by atoms with Crippen LogP contribution in [0.15, 0.2) is 42.5 Å². The quantitative estimate of drug-likeness (QED) is 0.681. The molecule has 0 unspecified atom stereocenters. The molecule has 2 aromatic carbocycles. The number of benzene rings is 2. The summed E-state index contributed by atoms with van der Waals surface area (Å²) in [6, 6.07) is 8.84. The van der Waals surface area contributed by atoms with Crippen molar-refractivity contribution in [1.82, 2.24) is 0 Å². The summed E-state index contributed by atoms with van der Waals surface area (Å²) >= 11 is 0. The topological polar surface area (TPSA) is 124 Å². The highest BCUT2D eigenvalue weighted by molar-refractivity contribution is 5.96. The highest BCUT2D eigenvalue weighted by atomic mass is 16.6. The Morgan fingerprint density at radius 1 is 0.952 bits per heavy atom. The van der Waals surface area contributed by atoms with Crippen molar-refractivity contribution in [2.24, 2.45) is 0 Å². The minimum atomic E-state index is -1.22. The van der Waals surface area contributed by atoms with E-state index in [0.29, 0.717) is 0 Å². The molecule has 0 radical (unpaired) electrons. The van der Waals surface area contributed by atoms with E-state index in [1.165, 1.54) is 18.2 Å². The van der Waals surface area contributed by atoms with E-state index in [4.69, 9.17) is 5.11 Å². The summed E-state index contributed by atoms with van der Waals surface area (Å²) in [5.74, 6) is -1.22. The molecule has 0 aromatic heterocycles. The number of rotatable bonds is 4. The summed E-state index contributed by atoms with van der Waals surface area (Å²) in [5, 5.41) is 30.8. The summed E-state index contributed by atoms with van der Waals surface area (Å²) < 4.78 is 0. The molecule has 0 aliphatic rings. The van der Waals surface area contributed by atoms with Crippen LogP contribution in [0.2, 0.25) is 0 Å². The number of hydrogen-bond acceptors (Lipinski definition) is 5. The van der Waals surface area contributed by atoms with Crippen LogP contribution < -0.4 is 0 Å². The summed E-state index contributed by atoms with van der Waals surface area (Å²) in [5.41, 5.74) is -0.753. The Bertz CT molecular complexity index is 724. The minimum Gasteiger partial charge on any atom is -0.478 e. The lowest BCUT2D eigenvalue weighted by Crippen LogP contribution is -2.00. The zero-order valence-corrected chi connectivity index (χ0v) is 10.4. The van der Waals surface area contributed by atoms with Gasteiger partial charge in [0.1, 0.15) is 0 Å². The first-order valence-corrected chi connectivity index (χ1v) is 5.66. The predicted molar refractivity (Wildman–Crippen MR) is 72.1 cm³/mol. The molecule has 0 bridgehead atoms. The third kappa shape index (κ3) is 2.84. The fourth-order valence-electron chi connectivity index (χ4n) is 1.88. The molecule has 0 saturated carbocycles. The first-order valence-electron chi connectivity index (χ1n) is 5.66. The van der Waals surface area contributed by atoms with Gasteiger partial charge in [0.2, 0.25) is 0 Å². The smallest absolute Gasteiger partial charge is 0.336 e. The molecule has 1 N–H and O–H groups in total. The van der Waals surface area contributed by atoms with Crippen LogP contribution in [0.4, 0.5) is 11.4 Å². The van der Waals surface area contributed by atoms with Gasteiger partial charge in [0.15, 0.2) is 0 Å². The number of carboxylic acids is 1. The molecule has 8 nitrogen and oxygen atoms in total. The number of nitrogens with zero attached hydrogens (tertiary/aromatic N) is 2. The number of nitro benzene ring substituents is 2. The van der Waals surface area contributed by atoms with Gasteiger partial charge in [-0.2, -0.15) is 0 Å². The van der Waals surface area contributed by atoms with Crippen LogP contribution in [0.3, 0.4) is 0 Å². The first kappa shape index (κ1) is 14.1. The molecule has 0 spiro atoms. The average Bonchev–Trinajstić information content (AvgIpc) is 2.46. The molecule has 0 aliphatic carbocycles. The molecular weight excluding hydrogens is 280 g/mol. The molecule has 8 heteroatoms. The highest BCUT2D eigenvalue weighted by Crippen LogP contribution is 2.31. The number of hydrogen-bond donors (Lipinski definition) is 1. The van der Waals surface area contributed by atoms with Crippen molar-refractivity contribution in [3.05, 3.63) is 68.3 Å². The van der Waals surface area contributed by atoms with Crippen LogP contribution in [0.1, 0.15) is 10.4 Å². The number of nitro groups is 2. The van der Waals surface area contributed by atoms with Gasteiger partial charge in [-0.05, 0) is 17.2 Å². The van der Waals surface area contributed by atoms with Crippen molar-refractivity contribution in [1.29, 1.82) is 0 Å². The zero-order chi connectivity index (χ0) is 15.6. The largest absolute Gasteiger partial charge is 0.478 e. The number of carbonyl (C=O) groups is 1. The monoisotopic (exact) mass is 288 g/mol. The van der Waals surface area contributed by atoms with E-state index in [2.05, 4.69) is 0 Å². The maximum Gasteiger partial charge on any atom is 0.336 e. The Morgan fingerprint density at radius 3 is 1.95 bits per heavy atom. The maximum atomic E-state index is 11.2. The van der Waals surface area contributed by atoms with E-state index in [0.717, 1.165) is 18.2 Å². The van der Waals surface area contributed by atoms with Crippen molar-refractivity contribution in [3.63, 3.8) is 0 Å². The lowest BCUT2D eigenvalue weighted by atomic mass is 9.99. The van der Waals surface area contributed by atoms with E-state index < -0.39 is 27.2 Å². The summed E-state index contributed by atoms with van der Waals surface area (Å²) in [7, 11) is 0. The Balaban J connectivity index is 2.72. The van der Waals surface area contributed by atoms with E-state index in [9.17, 15) is 25.0 Å². The van der Waals surface area contributed by atoms with Crippen LogP contribution in [-0.4, -0.2) is 20.9 Å². The minimum absolute atomic E-state index is 0.0905. The Hall–Kier alpha value is -3.29. The second-order valence-corrected chi connectivity index (χ2v) is 4.10. The lowest BCUT2D eigenvalue weighted by molar-refractivity contribution is -0.394. The van der Waals surface area contributed by atoms with Gasteiger partial charge in [-0.3, -0.25) is 20.2 Å². The van der Waals surface area contributed by atoms with Crippen molar-refractivity contribution < 1.29 is 19.7 Å². The predicted octanol–water partition coefficient (Wildman–Crippen LogP) is 2.87. The Morgan fingerprint density at radius 2 is 1.48 bits per heavy atom. The molecule has 0 aliphatic heterocycles. The molecule has 2 aromatic rings. The molecule has 106 valence electrons. The normalized spacial score (nSPS) is 10.1. The maximum absolute atomic E-state index is 11.2. The van der Waals surface area contributed by atoms with Crippen LogP contribution in [-0.2, 0) is 0 Å². The van der Waals surface area contributed by atoms with Gasteiger partial charge in [-0.15, -0.1) is 0 Å². The molecule has 0 fully saturated rings. The van der Waals surface area contributed by atoms with Crippen LogP contribution in [0.5, 0.6) is 0 Å². The number of non-ortho nitro benzene ring substituents is 2. The second kappa shape index (κ2) is 5.37. The van der Waals surface area contributed by atoms with Gasteiger partial charge in [0, 0.05) is 12.1 Å². The third-order valence-corrected chi connectivity index (χ3v) is 2.79. The molecule has 0 saturated heterocycles. The molecule has 0 amide bonds. The Labute approximate surface area is 117 Å². The van der Waals surface area contributed by atoms with Gasteiger partial charge in [0.25, 0.3) is 11.4 Å². The molecule has 21 heavy (non-hydrogen) atoms. The fourth-order valence-corrected chi connectivity index (χ4v) is 1.88. The van der Waals surface area contributed by atoms with E-state index in [1.807, 2.05) is 0 Å². The van der Waals surface area contributed by atoms with Gasteiger partial charge < -0.3 is 5.11 Å². The summed E-state index contributed by atoms with van der Waals surface area (Å²) in [6.07, 6.45) is 0. The van der Waals surface area contributed by atoms with Crippen molar-refractivity contribution in [3.8, 4) is 11.1 Å². The van der Waals surface area contributed by atoms with Crippen LogP contribution in [0.25, 0.3) is 11.1 Å². The highest BCUT2D eigenvalue weighted by Gasteiger charge is 2.19. The van der Waals surface area contributed by atoms with Gasteiger partial charge >= 0.3 is 5.97 Å². The fraction of sp³-hybridized carbons (Fsp3) is 0. The van der Waals surface area contributed by atoms with Gasteiger partial charge in [-0.1, -0.05) is 18.2 Å². The van der Waals surface area contributed by atoms with E-state index in [1.54, 1.807) is 6.07 Å². The summed E-state index contributed by atoms with van der Waals surface area (Å²) in [6.45, 7) is 0. The van der Waals surface area contributed by atoms with Crippen molar-refractivity contribution in [2.45, 2.75) is 0 Å². The van der Waals surface area contributed by atoms with Crippen LogP contribution in [0, 0.1) is 20.2 Å². The molecule has 0 heterocycles. The zero-order valence-electron chi connectivity index (χ0n) is 10.4. The number of carboxylic acid groups (broad SMARTS) is 1. The van der Waals surface area contributed by atoms with E-state index >= 15 is 0 Å². The summed E-state index contributed by atoms with van der Waals surface area (Å²) in [4.78, 5) is 31.3. The van der Waals surface area contributed by atoms with Crippen LogP contribution >= 0.6 is 0 Å². The van der Waals surface area contributed by atoms with Crippen molar-refractivity contribution >= 4 is 17.3 Å². The third-order valence-electron chi connectivity index (χ3n) is 2.79. The van der Waals surface area contributed by atoms with Gasteiger partial charge in [0.05, 0.1) is 21.5 Å². The molecular formula is C13H8N2O6. The van der Waals surface area contributed by atoms with E-state index in [-0.39, 0.29) is 16.7 Å². The Kier molecular flexibility index (Phi) is 3.61. The molecule has 0 atom stereocenters. The van der Waals surface area contributed by atoms with Gasteiger partial charge in [-0.25, -0.2) is 4.79 Å². The first-order chi connectivity index (χ1) is 9.90. The molecule has 2 rings (SSSR count). The lowest BCUT2D eigenvalue weighted by Gasteiger charge is -2.06. The standard InChI is InChI=1S/C13H8N2O6/c16-13(17)12-4-2-1-3-11(12)8-5-9(14(18)19)7-10(6-8)15(20)21/h1-7H,(H,16,17). The second-order valence-electron chi connectivity index (χ2n) is 4.10. The van der Waals surface area contributed by atoms with Crippen molar-refractivity contribution in [2.75, 3.05) is 0 Å². The SMILES string of the molecule is O=C(O)c1ccccc1-c1cc([N+](=O)[O-])cc([N+](=O)[O-])c1.